The second-order valence-corrected chi connectivity index (χ2v) is 3.50. The van der Waals surface area contributed by atoms with Crippen molar-refractivity contribution in [3.63, 3.8) is 0 Å². The Morgan fingerprint density at radius 1 is 0.944 bits per heavy atom. The Morgan fingerprint density at radius 3 is 2.33 bits per heavy atom. The topological polar surface area (TPSA) is 84.3 Å². The molecular weight excluding hydrogens is 224 g/mol. The number of aromatic nitrogens is 1. The van der Waals surface area contributed by atoms with E-state index in [2.05, 4.69) is 4.98 Å². The summed E-state index contributed by atoms with van der Waals surface area (Å²) in [6.45, 7) is 0. The average Bonchev–Trinajstić information content (AvgIpc) is 2.46. The molecular formula is C14H6N4. The summed E-state index contributed by atoms with van der Waals surface area (Å²) in [5.41, 5.74) is 1.86. The van der Waals surface area contributed by atoms with E-state index in [9.17, 15) is 0 Å². The molecule has 0 spiro atoms. The zero-order chi connectivity index (χ0) is 13.0. The van der Waals surface area contributed by atoms with Crippen molar-refractivity contribution >= 4 is 0 Å². The van der Waals surface area contributed by atoms with E-state index in [0.29, 0.717) is 16.8 Å². The summed E-state index contributed by atoms with van der Waals surface area (Å²) in [6.07, 6.45) is 1.60. The molecule has 2 rings (SSSR count). The highest BCUT2D eigenvalue weighted by molar-refractivity contribution is 5.73. The molecule has 0 N–H and O–H groups in total. The van der Waals surface area contributed by atoms with E-state index in [1.165, 1.54) is 6.07 Å². The maximum absolute atomic E-state index is 9.14. The molecule has 82 valence electrons. The molecule has 0 aliphatic carbocycles. The van der Waals surface area contributed by atoms with Gasteiger partial charge in [0.05, 0.1) is 28.5 Å². The van der Waals surface area contributed by atoms with Crippen LogP contribution in [0.4, 0.5) is 0 Å². The van der Waals surface area contributed by atoms with Gasteiger partial charge in [0.2, 0.25) is 0 Å². The summed E-state index contributed by atoms with van der Waals surface area (Å²) in [7, 11) is 0. The van der Waals surface area contributed by atoms with Gasteiger partial charge in [0.1, 0.15) is 12.1 Å². The van der Waals surface area contributed by atoms with Gasteiger partial charge in [-0.3, -0.25) is 4.98 Å². The first-order valence-corrected chi connectivity index (χ1v) is 5.10. The van der Waals surface area contributed by atoms with Crippen LogP contribution in [0.15, 0.2) is 36.5 Å². The minimum Gasteiger partial charge on any atom is -0.256 e. The Hall–Kier alpha value is -3.16. The van der Waals surface area contributed by atoms with Crippen LogP contribution in [0, 0.1) is 34.0 Å². The molecule has 0 saturated carbocycles. The SMILES string of the molecule is N#Cc1cc(C#N)c(C#N)c(-c2ccccn2)c1. The zero-order valence-corrected chi connectivity index (χ0v) is 9.25. The molecule has 0 aliphatic heterocycles. The summed E-state index contributed by atoms with van der Waals surface area (Å²) in [4.78, 5) is 4.14. The fourth-order valence-electron chi connectivity index (χ4n) is 1.64. The maximum Gasteiger partial charge on any atom is 0.101 e. The third-order valence-electron chi connectivity index (χ3n) is 2.44. The van der Waals surface area contributed by atoms with Gasteiger partial charge >= 0.3 is 0 Å². The quantitative estimate of drug-likeness (QED) is 0.752. The molecule has 1 aromatic carbocycles. The number of hydrogen-bond acceptors (Lipinski definition) is 4. The lowest BCUT2D eigenvalue weighted by Crippen LogP contribution is -1.93. The molecule has 0 fully saturated rings. The van der Waals surface area contributed by atoms with E-state index in [0.717, 1.165) is 0 Å². The highest BCUT2D eigenvalue weighted by Gasteiger charge is 2.12. The minimum atomic E-state index is 0.192. The first-order chi connectivity index (χ1) is 8.80. The minimum absolute atomic E-state index is 0.192. The molecule has 0 atom stereocenters. The van der Waals surface area contributed by atoms with E-state index in [4.69, 9.17) is 15.8 Å². The number of benzene rings is 1. The van der Waals surface area contributed by atoms with E-state index in [1.807, 2.05) is 18.2 Å². The third kappa shape index (κ3) is 1.89. The normalized spacial score (nSPS) is 8.94. The highest BCUT2D eigenvalue weighted by Crippen LogP contribution is 2.25. The standard InChI is InChI=1S/C14H6N4/c15-7-10-5-11(8-16)13(9-17)12(6-10)14-3-1-2-4-18-14/h1-6H. The number of pyridine rings is 1. The Kier molecular flexibility index (Phi) is 3.01. The number of nitrogens with zero attached hydrogens (tertiary/aromatic N) is 4. The molecule has 4 heteroatoms. The number of hydrogen-bond donors (Lipinski definition) is 0. The summed E-state index contributed by atoms with van der Waals surface area (Å²) in [5, 5.41) is 27.1. The summed E-state index contributed by atoms with van der Waals surface area (Å²) in [6, 6.07) is 14.2. The maximum atomic E-state index is 9.14. The van der Waals surface area contributed by atoms with E-state index in [1.54, 1.807) is 30.5 Å². The Morgan fingerprint density at radius 2 is 1.78 bits per heavy atom. The van der Waals surface area contributed by atoms with Gasteiger partial charge in [-0.15, -0.1) is 0 Å². The predicted molar refractivity (Wildman–Crippen MR) is 63.8 cm³/mol. The molecule has 2 aromatic rings. The highest BCUT2D eigenvalue weighted by atomic mass is 14.7. The molecule has 0 aliphatic rings. The second-order valence-electron chi connectivity index (χ2n) is 3.50. The molecule has 4 nitrogen and oxygen atoms in total. The first kappa shape index (κ1) is 11.3. The first-order valence-electron chi connectivity index (χ1n) is 5.10. The van der Waals surface area contributed by atoms with E-state index >= 15 is 0 Å². The van der Waals surface area contributed by atoms with Gasteiger partial charge in [0.15, 0.2) is 0 Å². The Bertz CT molecular complexity index is 712. The molecule has 18 heavy (non-hydrogen) atoms. The van der Waals surface area contributed by atoms with Gasteiger partial charge in [0, 0.05) is 11.8 Å². The van der Waals surface area contributed by atoms with Crippen LogP contribution in [0.25, 0.3) is 11.3 Å². The van der Waals surface area contributed by atoms with Crippen molar-refractivity contribution < 1.29 is 0 Å². The fraction of sp³-hybridized carbons (Fsp3) is 0. The van der Waals surface area contributed by atoms with Gasteiger partial charge in [-0.05, 0) is 24.3 Å². The lowest BCUT2D eigenvalue weighted by Gasteiger charge is -2.05. The third-order valence-corrected chi connectivity index (χ3v) is 2.44. The van der Waals surface area contributed by atoms with Gasteiger partial charge in [-0.1, -0.05) is 6.07 Å². The van der Waals surface area contributed by atoms with Crippen LogP contribution in [0.3, 0.4) is 0 Å². The van der Waals surface area contributed by atoms with Crippen LogP contribution in [0.2, 0.25) is 0 Å². The van der Waals surface area contributed by atoms with Crippen molar-refractivity contribution in [2.45, 2.75) is 0 Å². The van der Waals surface area contributed by atoms with E-state index < -0.39 is 0 Å². The van der Waals surface area contributed by atoms with Gasteiger partial charge in [-0.25, -0.2) is 0 Å². The molecule has 0 bridgehead atoms. The van der Waals surface area contributed by atoms with Crippen molar-refractivity contribution in [2.75, 3.05) is 0 Å². The molecule has 0 radical (unpaired) electrons. The lowest BCUT2D eigenvalue weighted by molar-refractivity contribution is 1.31. The summed E-state index contributed by atoms with van der Waals surface area (Å²) in [5.74, 6) is 0. The molecule has 0 unspecified atom stereocenters. The van der Waals surface area contributed by atoms with Gasteiger partial charge in [-0.2, -0.15) is 15.8 Å². The van der Waals surface area contributed by atoms with Crippen LogP contribution in [0.5, 0.6) is 0 Å². The summed E-state index contributed by atoms with van der Waals surface area (Å²) >= 11 is 0. The fourth-order valence-corrected chi connectivity index (χ4v) is 1.64. The van der Waals surface area contributed by atoms with Crippen molar-refractivity contribution in [1.29, 1.82) is 15.8 Å². The van der Waals surface area contributed by atoms with Crippen LogP contribution >= 0.6 is 0 Å². The van der Waals surface area contributed by atoms with Crippen molar-refractivity contribution in [2.24, 2.45) is 0 Å². The summed E-state index contributed by atoms with van der Waals surface area (Å²) < 4.78 is 0. The lowest BCUT2D eigenvalue weighted by atomic mass is 9.97. The zero-order valence-electron chi connectivity index (χ0n) is 9.25. The van der Waals surface area contributed by atoms with Gasteiger partial charge < -0.3 is 0 Å². The van der Waals surface area contributed by atoms with Gasteiger partial charge in [0.25, 0.3) is 0 Å². The van der Waals surface area contributed by atoms with Crippen LogP contribution in [0.1, 0.15) is 16.7 Å². The van der Waals surface area contributed by atoms with Crippen LogP contribution in [-0.4, -0.2) is 4.98 Å². The predicted octanol–water partition coefficient (Wildman–Crippen LogP) is 2.36. The van der Waals surface area contributed by atoms with Crippen molar-refractivity contribution in [3.8, 4) is 29.5 Å². The monoisotopic (exact) mass is 230 g/mol. The number of nitriles is 3. The molecule has 0 amide bonds. The van der Waals surface area contributed by atoms with E-state index in [-0.39, 0.29) is 11.1 Å². The Balaban J connectivity index is 2.79. The second kappa shape index (κ2) is 4.78. The molecule has 1 heterocycles. The molecule has 1 aromatic heterocycles. The van der Waals surface area contributed by atoms with Crippen molar-refractivity contribution in [3.05, 3.63) is 53.2 Å². The number of rotatable bonds is 1. The van der Waals surface area contributed by atoms with Crippen LogP contribution < -0.4 is 0 Å². The average molecular weight is 230 g/mol. The van der Waals surface area contributed by atoms with Crippen LogP contribution in [-0.2, 0) is 0 Å². The Labute approximate surface area is 104 Å². The largest absolute Gasteiger partial charge is 0.256 e. The molecule has 0 saturated heterocycles. The smallest absolute Gasteiger partial charge is 0.101 e. The van der Waals surface area contributed by atoms with Crippen molar-refractivity contribution in [1.82, 2.24) is 4.98 Å².